The lowest BCUT2D eigenvalue weighted by Gasteiger charge is -2.32. The Balaban J connectivity index is 1.72. The molecule has 116 valence electrons. The zero-order valence-corrected chi connectivity index (χ0v) is 12.8. The number of urea groups is 1. The number of hydrogen-bond donors (Lipinski definition) is 3. The van der Waals surface area contributed by atoms with Crippen molar-refractivity contribution in [3.8, 4) is 0 Å². The van der Waals surface area contributed by atoms with Crippen molar-refractivity contribution >= 4 is 6.03 Å². The maximum atomic E-state index is 11.9. The van der Waals surface area contributed by atoms with Crippen molar-refractivity contribution in [3.05, 3.63) is 0 Å². The summed E-state index contributed by atoms with van der Waals surface area (Å²) < 4.78 is 0. The van der Waals surface area contributed by atoms with Crippen LogP contribution in [-0.2, 0) is 0 Å². The van der Waals surface area contributed by atoms with Gasteiger partial charge in [0.2, 0.25) is 0 Å². The van der Waals surface area contributed by atoms with Gasteiger partial charge in [-0.05, 0) is 31.7 Å². The monoisotopic (exact) mass is 283 g/mol. The molecule has 2 heterocycles. The minimum absolute atomic E-state index is 0.134. The van der Waals surface area contributed by atoms with E-state index in [9.17, 15) is 9.90 Å². The summed E-state index contributed by atoms with van der Waals surface area (Å²) >= 11 is 0. The lowest BCUT2D eigenvalue weighted by Crippen LogP contribution is -2.50. The largest absolute Gasteiger partial charge is 0.391 e. The number of nitrogens with one attached hydrogen (secondary N) is 2. The highest BCUT2D eigenvalue weighted by Crippen LogP contribution is 2.26. The summed E-state index contributed by atoms with van der Waals surface area (Å²) in [4.78, 5) is 14.4. The number of rotatable bonds is 5. The number of carbonyl (C=O) groups is 1. The van der Waals surface area contributed by atoms with Crippen LogP contribution in [0, 0.1) is 5.92 Å². The Kier molecular flexibility index (Phi) is 5.66. The van der Waals surface area contributed by atoms with Gasteiger partial charge in [0.1, 0.15) is 0 Å². The molecule has 2 saturated heterocycles. The Morgan fingerprint density at radius 1 is 1.35 bits per heavy atom. The third-order valence-corrected chi connectivity index (χ3v) is 4.95. The van der Waals surface area contributed by atoms with Crippen LogP contribution in [0.25, 0.3) is 0 Å². The van der Waals surface area contributed by atoms with E-state index in [-0.39, 0.29) is 18.0 Å². The molecule has 3 N–H and O–H groups in total. The Hall–Kier alpha value is -0.810. The van der Waals surface area contributed by atoms with Gasteiger partial charge in [-0.2, -0.15) is 0 Å². The Labute approximate surface area is 122 Å². The highest BCUT2D eigenvalue weighted by molar-refractivity contribution is 5.74. The maximum Gasteiger partial charge on any atom is 0.315 e. The van der Waals surface area contributed by atoms with Gasteiger partial charge in [0.15, 0.2) is 0 Å². The van der Waals surface area contributed by atoms with Crippen LogP contribution in [0.15, 0.2) is 0 Å². The fourth-order valence-corrected chi connectivity index (χ4v) is 3.31. The Morgan fingerprint density at radius 3 is 2.90 bits per heavy atom. The average molecular weight is 283 g/mol. The molecule has 5 nitrogen and oxygen atoms in total. The van der Waals surface area contributed by atoms with Crippen LogP contribution in [0.3, 0.4) is 0 Å². The molecule has 2 amide bonds. The molecule has 5 heteroatoms. The standard InChI is InChI=1S/C15H29N3O2/c1-3-11(2)14(19)10-16-15(20)17-12-7-9-18-8-5-4-6-13(12)18/h11-14,19H,3-10H2,1-2H3,(H2,16,17,20). The first-order chi connectivity index (χ1) is 9.61. The first kappa shape index (κ1) is 15.6. The summed E-state index contributed by atoms with van der Waals surface area (Å²) in [5.41, 5.74) is 0. The van der Waals surface area contributed by atoms with Crippen LogP contribution in [0.2, 0.25) is 0 Å². The number of piperidine rings is 1. The lowest BCUT2D eigenvalue weighted by atomic mass is 9.99. The van der Waals surface area contributed by atoms with Crippen LogP contribution in [0.1, 0.15) is 46.0 Å². The van der Waals surface area contributed by atoms with Crippen molar-refractivity contribution in [1.82, 2.24) is 15.5 Å². The molecule has 0 aromatic carbocycles. The van der Waals surface area contributed by atoms with Crippen LogP contribution in [-0.4, -0.2) is 53.9 Å². The smallest absolute Gasteiger partial charge is 0.315 e. The SMILES string of the molecule is CCC(C)C(O)CNC(=O)NC1CCN2CCCCC12. The second kappa shape index (κ2) is 7.27. The maximum absolute atomic E-state index is 11.9. The molecule has 0 aromatic rings. The van der Waals surface area contributed by atoms with Gasteiger partial charge in [-0.1, -0.05) is 26.7 Å². The highest BCUT2D eigenvalue weighted by Gasteiger charge is 2.36. The van der Waals surface area contributed by atoms with Crippen molar-refractivity contribution in [1.29, 1.82) is 0 Å². The molecular formula is C15H29N3O2. The highest BCUT2D eigenvalue weighted by atomic mass is 16.3. The minimum Gasteiger partial charge on any atom is -0.391 e. The molecule has 4 unspecified atom stereocenters. The van der Waals surface area contributed by atoms with E-state index < -0.39 is 6.10 Å². The van der Waals surface area contributed by atoms with Gasteiger partial charge in [-0.15, -0.1) is 0 Å². The lowest BCUT2D eigenvalue weighted by molar-refractivity contribution is 0.114. The molecule has 2 rings (SSSR count). The molecule has 0 aromatic heterocycles. The van der Waals surface area contributed by atoms with Gasteiger partial charge >= 0.3 is 6.03 Å². The molecule has 4 atom stereocenters. The van der Waals surface area contributed by atoms with Crippen LogP contribution in [0.5, 0.6) is 0 Å². The number of fused-ring (bicyclic) bond motifs is 1. The summed E-state index contributed by atoms with van der Waals surface area (Å²) in [6, 6.07) is 0.662. The quantitative estimate of drug-likeness (QED) is 0.713. The van der Waals surface area contributed by atoms with E-state index in [0.29, 0.717) is 12.6 Å². The number of hydrogen-bond acceptors (Lipinski definition) is 3. The number of aliphatic hydroxyl groups excluding tert-OH is 1. The number of nitrogens with zero attached hydrogens (tertiary/aromatic N) is 1. The molecule has 0 radical (unpaired) electrons. The van der Waals surface area contributed by atoms with Crippen molar-refractivity contribution < 1.29 is 9.90 Å². The third-order valence-electron chi connectivity index (χ3n) is 4.95. The van der Waals surface area contributed by atoms with Gasteiger partial charge in [-0.3, -0.25) is 4.90 Å². The second-order valence-corrected chi connectivity index (χ2v) is 6.30. The van der Waals surface area contributed by atoms with Gasteiger partial charge in [0, 0.05) is 25.2 Å². The zero-order valence-electron chi connectivity index (χ0n) is 12.8. The Bertz CT molecular complexity index is 324. The molecule has 0 saturated carbocycles. The van der Waals surface area contributed by atoms with E-state index in [1.54, 1.807) is 0 Å². The Morgan fingerprint density at radius 2 is 2.15 bits per heavy atom. The van der Waals surface area contributed by atoms with Crippen molar-refractivity contribution in [2.75, 3.05) is 19.6 Å². The summed E-state index contributed by atoms with van der Waals surface area (Å²) in [7, 11) is 0. The third kappa shape index (κ3) is 3.85. The number of aliphatic hydroxyl groups is 1. The minimum atomic E-state index is -0.458. The van der Waals surface area contributed by atoms with E-state index in [4.69, 9.17) is 0 Å². The van der Waals surface area contributed by atoms with E-state index in [1.165, 1.54) is 25.8 Å². The topological polar surface area (TPSA) is 64.6 Å². The summed E-state index contributed by atoms with van der Waals surface area (Å²) in [5, 5.41) is 15.8. The fourth-order valence-electron chi connectivity index (χ4n) is 3.31. The molecule has 2 aliphatic heterocycles. The molecule has 2 aliphatic rings. The van der Waals surface area contributed by atoms with Gasteiger partial charge in [-0.25, -0.2) is 4.79 Å². The van der Waals surface area contributed by atoms with E-state index in [1.807, 2.05) is 13.8 Å². The fraction of sp³-hybridized carbons (Fsp3) is 0.933. The zero-order chi connectivity index (χ0) is 14.5. The molecule has 2 fully saturated rings. The normalized spacial score (nSPS) is 29.6. The first-order valence-electron chi connectivity index (χ1n) is 8.08. The van der Waals surface area contributed by atoms with Crippen molar-refractivity contribution in [3.63, 3.8) is 0 Å². The molecule has 0 bridgehead atoms. The van der Waals surface area contributed by atoms with E-state index in [2.05, 4.69) is 15.5 Å². The van der Waals surface area contributed by atoms with E-state index in [0.717, 1.165) is 19.4 Å². The second-order valence-electron chi connectivity index (χ2n) is 6.30. The van der Waals surface area contributed by atoms with Gasteiger partial charge < -0.3 is 15.7 Å². The summed E-state index contributed by atoms with van der Waals surface area (Å²) in [6.07, 6.45) is 5.27. The van der Waals surface area contributed by atoms with Crippen LogP contribution >= 0.6 is 0 Å². The number of carbonyl (C=O) groups excluding carboxylic acids is 1. The van der Waals surface area contributed by atoms with E-state index >= 15 is 0 Å². The van der Waals surface area contributed by atoms with Gasteiger partial charge in [0.25, 0.3) is 0 Å². The predicted octanol–water partition coefficient (Wildman–Crippen LogP) is 1.32. The van der Waals surface area contributed by atoms with Crippen molar-refractivity contribution in [2.24, 2.45) is 5.92 Å². The summed E-state index contributed by atoms with van der Waals surface area (Å²) in [6.45, 7) is 6.66. The summed E-state index contributed by atoms with van der Waals surface area (Å²) in [5.74, 6) is 0.218. The molecular weight excluding hydrogens is 254 g/mol. The van der Waals surface area contributed by atoms with Crippen LogP contribution < -0.4 is 10.6 Å². The van der Waals surface area contributed by atoms with Crippen molar-refractivity contribution in [2.45, 2.75) is 64.1 Å². The first-order valence-corrected chi connectivity index (χ1v) is 8.08. The molecule has 20 heavy (non-hydrogen) atoms. The molecule has 0 spiro atoms. The van der Waals surface area contributed by atoms with Gasteiger partial charge in [0.05, 0.1) is 6.10 Å². The molecule has 0 aliphatic carbocycles. The predicted molar refractivity (Wildman–Crippen MR) is 79.6 cm³/mol. The van der Waals surface area contributed by atoms with Crippen LogP contribution in [0.4, 0.5) is 4.79 Å². The number of amides is 2. The average Bonchev–Trinajstić information content (AvgIpc) is 2.87.